The fourth-order valence-electron chi connectivity index (χ4n) is 2.40. The van der Waals surface area contributed by atoms with Crippen LogP contribution in [0.3, 0.4) is 0 Å². The Hall–Kier alpha value is -2.15. The van der Waals surface area contributed by atoms with Crippen molar-refractivity contribution in [2.45, 2.75) is 25.3 Å². The van der Waals surface area contributed by atoms with E-state index in [1.807, 2.05) is 0 Å². The van der Waals surface area contributed by atoms with Crippen molar-refractivity contribution in [2.75, 3.05) is 13.7 Å². The van der Waals surface area contributed by atoms with Crippen molar-refractivity contribution in [3.63, 3.8) is 0 Å². The van der Waals surface area contributed by atoms with Crippen LogP contribution in [0.1, 0.15) is 18.4 Å². The number of nitrogens with one attached hydrogen (secondary N) is 1. The fourth-order valence-corrected chi connectivity index (χ4v) is 2.40. The molecule has 0 amide bonds. The van der Waals surface area contributed by atoms with Gasteiger partial charge in [0.25, 0.3) is 0 Å². The van der Waals surface area contributed by atoms with Crippen LogP contribution in [0.5, 0.6) is 5.75 Å². The highest BCUT2D eigenvalue weighted by Gasteiger charge is 2.51. The van der Waals surface area contributed by atoms with E-state index in [9.17, 15) is 20.0 Å². The Morgan fingerprint density at radius 2 is 2.24 bits per heavy atom. The Morgan fingerprint density at radius 3 is 2.71 bits per heavy atom. The first-order valence-electron chi connectivity index (χ1n) is 6.71. The monoisotopic (exact) mass is 294 g/mol. The molecule has 0 bridgehead atoms. The third-order valence-corrected chi connectivity index (χ3v) is 3.87. The lowest BCUT2D eigenvalue weighted by molar-refractivity contribution is -0.386. The highest BCUT2D eigenvalue weighted by Crippen LogP contribution is 2.40. The summed E-state index contributed by atoms with van der Waals surface area (Å²) in [6.45, 7) is 1.60. The van der Waals surface area contributed by atoms with E-state index in [1.165, 1.54) is 12.1 Å². The summed E-state index contributed by atoms with van der Waals surface area (Å²) in [4.78, 5) is 22.1. The van der Waals surface area contributed by atoms with Gasteiger partial charge in [0, 0.05) is 6.07 Å². The van der Waals surface area contributed by atoms with Crippen LogP contribution in [0.15, 0.2) is 18.2 Å². The summed E-state index contributed by atoms with van der Waals surface area (Å²) >= 11 is 0. The minimum atomic E-state index is -1.20. The molecular weight excluding hydrogens is 276 g/mol. The van der Waals surface area contributed by atoms with E-state index >= 15 is 0 Å². The highest BCUT2D eigenvalue weighted by atomic mass is 16.6. The Morgan fingerprint density at radius 1 is 1.57 bits per heavy atom. The summed E-state index contributed by atoms with van der Waals surface area (Å²) in [7, 11) is 1.57. The molecule has 7 heteroatoms. The van der Waals surface area contributed by atoms with Crippen LogP contribution in [-0.4, -0.2) is 35.2 Å². The van der Waals surface area contributed by atoms with E-state index in [0.717, 1.165) is 18.4 Å². The molecule has 1 unspecified atom stereocenters. The molecule has 1 aliphatic rings. The van der Waals surface area contributed by atoms with Crippen LogP contribution in [0.2, 0.25) is 0 Å². The van der Waals surface area contributed by atoms with Crippen molar-refractivity contribution in [1.82, 2.24) is 5.32 Å². The topological polar surface area (TPSA) is 102 Å². The lowest BCUT2D eigenvalue weighted by Crippen LogP contribution is -2.56. The van der Waals surface area contributed by atoms with Gasteiger partial charge in [-0.25, -0.2) is 0 Å². The van der Waals surface area contributed by atoms with E-state index in [1.54, 1.807) is 20.0 Å². The van der Waals surface area contributed by atoms with Crippen molar-refractivity contribution in [2.24, 2.45) is 5.92 Å². The molecule has 0 heterocycles. The Kier molecular flexibility index (Phi) is 4.13. The summed E-state index contributed by atoms with van der Waals surface area (Å²) in [5.74, 6) is -0.918. The Labute approximate surface area is 122 Å². The van der Waals surface area contributed by atoms with Gasteiger partial charge in [0.1, 0.15) is 6.61 Å². The summed E-state index contributed by atoms with van der Waals surface area (Å²) in [6.07, 6.45) is 1.62. The van der Waals surface area contributed by atoms with Crippen molar-refractivity contribution in [1.29, 1.82) is 0 Å². The highest BCUT2D eigenvalue weighted by molar-refractivity contribution is 5.80. The van der Waals surface area contributed by atoms with Gasteiger partial charge in [-0.05, 0) is 44.4 Å². The number of hydrogen-bond acceptors (Lipinski definition) is 5. The first-order valence-corrected chi connectivity index (χ1v) is 6.71. The maximum atomic E-state index is 11.6. The van der Waals surface area contributed by atoms with E-state index < -0.39 is 16.4 Å². The lowest BCUT2D eigenvalue weighted by Gasteiger charge is -2.28. The van der Waals surface area contributed by atoms with E-state index in [0.29, 0.717) is 0 Å². The number of nitro groups is 1. The molecule has 1 aromatic rings. The van der Waals surface area contributed by atoms with Crippen LogP contribution >= 0.6 is 0 Å². The Balaban J connectivity index is 2.22. The van der Waals surface area contributed by atoms with Crippen molar-refractivity contribution < 1.29 is 19.6 Å². The van der Waals surface area contributed by atoms with Crippen molar-refractivity contribution >= 4 is 11.7 Å². The number of rotatable bonds is 7. The van der Waals surface area contributed by atoms with Gasteiger partial charge in [-0.3, -0.25) is 14.9 Å². The molecule has 21 heavy (non-hydrogen) atoms. The molecule has 1 saturated carbocycles. The van der Waals surface area contributed by atoms with Crippen LogP contribution < -0.4 is 10.1 Å². The number of carbonyl (C=O) groups is 1. The third-order valence-electron chi connectivity index (χ3n) is 3.87. The van der Waals surface area contributed by atoms with Gasteiger partial charge >= 0.3 is 11.7 Å². The molecule has 1 aliphatic carbocycles. The van der Waals surface area contributed by atoms with E-state index in [2.05, 4.69) is 5.32 Å². The van der Waals surface area contributed by atoms with Crippen LogP contribution in [0.4, 0.5) is 5.69 Å². The predicted molar refractivity (Wildman–Crippen MR) is 75.5 cm³/mol. The van der Waals surface area contributed by atoms with Gasteiger partial charge in [0.2, 0.25) is 0 Å². The summed E-state index contributed by atoms with van der Waals surface area (Å²) < 4.78 is 5.49. The minimum absolute atomic E-state index is 0.00972. The molecule has 1 atom stereocenters. The summed E-state index contributed by atoms with van der Waals surface area (Å²) in [5.41, 5.74) is -0.603. The van der Waals surface area contributed by atoms with Gasteiger partial charge in [0.15, 0.2) is 11.3 Å². The van der Waals surface area contributed by atoms with Gasteiger partial charge in [-0.2, -0.15) is 0 Å². The number of carboxylic acids is 1. The number of hydrogen-bond donors (Lipinski definition) is 2. The molecule has 1 aromatic carbocycles. The zero-order valence-corrected chi connectivity index (χ0v) is 12.0. The second-order valence-electron chi connectivity index (χ2n) is 5.32. The standard InChI is InChI=1S/C14H18N2O5/c1-9-3-6-12(11(7-9)16(19)20)21-8-14(15-2,13(17)18)10-4-5-10/h3,6-7,10,15H,4-5,8H2,1-2H3,(H,17,18). The maximum absolute atomic E-state index is 11.6. The van der Waals surface area contributed by atoms with Gasteiger partial charge in [0.05, 0.1) is 4.92 Å². The van der Waals surface area contributed by atoms with Gasteiger partial charge < -0.3 is 15.2 Å². The van der Waals surface area contributed by atoms with Crippen LogP contribution in [0, 0.1) is 23.0 Å². The van der Waals surface area contributed by atoms with Gasteiger partial charge in [-0.15, -0.1) is 0 Å². The smallest absolute Gasteiger partial charge is 0.327 e. The molecule has 114 valence electrons. The first kappa shape index (κ1) is 15.2. The molecule has 7 nitrogen and oxygen atoms in total. The SMILES string of the molecule is CNC(COc1ccc(C)cc1[N+](=O)[O-])(C(=O)O)C1CC1. The number of nitrogens with zero attached hydrogens (tertiary/aromatic N) is 1. The zero-order chi connectivity index (χ0) is 15.6. The van der Waals surface area contributed by atoms with E-state index in [4.69, 9.17) is 4.74 Å². The molecule has 0 aromatic heterocycles. The molecular formula is C14H18N2O5. The van der Waals surface area contributed by atoms with Crippen LogP contribution in [0.25, 0.3) is 0 Å². The molecule has 2 N–H and O–H groups in total. The number of carboxylic acid groups (broad SMARTS) is 1. The maximum Gasteiger partial charge on any atom is 0.327 e. The number of nitro benzene ring substituents is 1. The lowest BCUT2D eigenvalue weighted by atomic mass is 9.94. The quantitative estimate of drug-likeness (QED) is 0.586. The second kappa shape index (κ2) is 5.69. The number of likely N-dealkylation sites (N-methyl/N-ethyl adjacent to an activating group) is 1. The summed E-state index contributed by atoms with van der Waals surface area (Å²) in [6, 6.07) is 4.61. The molecule has 0 aliphatic heterocycles. The molecule has 0 saturated heterocycles. The van der Waals surface area contributed by atoms with Crippen LogP contribution in [-0.2, 0) is 4.79 Å². The third kappa shape index (κ3) is 2.97. The normalized spacial score (nSPS) is 17.0. The molecule has 2 rings (SSSR count). The average molecular weight is 294 g/mol. The largest absolute Gasteiger partial charge is 0.484 e. The van der Waals surface area contributed by atoms with E-state index in [-0.39, 0.29) is 24.0 Å². The first-order chi connectivity index (χ1) is 9.90. The average Bonchev–Trinajstić information content (AvgIpc) is 3.25. The molecule has 0 spiro atoms. The number of aliphatic carboxylic acids is 1. The second-order valence-corrected chi connectivity index (χ2v) is 5.32. The van der Waals surface area contributed by atoms with Crippen molar-refractivity contribution in [3.05, 3.63) is 33.9 Å². The number of aryl methyl sites for hydroxylation is 1. The minimum Gasteiger partial charge on any atom is -0.484 e. The Bertz CT molecular complexity index is 570. The molecule has 0 radical (unpaired) electrons. The zero-order valence-electron chi connectivity index (χ0n) is 12.0. The fraction of sp³-hybridized carbons (Fsp3) is 0.500. The summed E-state index contributed by atoms with van der Waals surface area (Å²) in [5, 5.41) is 23.3. The number of benzene rings is 1. The van der Waals surface area contributed by atoms with Crippen molar-refractivity contribution in [3.8, 4) is 5.75 Å². The number of ether oxygens (including phenoxy) is 1. The van der Waals surface area contributed by atoms with Gasteiger partial charge in [-0.1, -0.05) is 6.07 Å². The molecule has 1 fully saturated rings. The predicted octanol–water partition coefficient (Wildman–Crippen LogP) is 1.73.